The highest BCUT2D eigenvalue weighted by molar-refractivity contribution is 9.10. The van der Waals surface area contributed by atoms with Gasteiger partial charge in [0.1, 0.15) is 5.75 Å². The first kappa shape index (κ1) is 16.0. The van der Waals surface area contributed by atoms with Crippen LogP contribution in [0.2, 0.25) is 0 Å². The topological polar surface area (TPSA) is 38.3 Å². The normalized spacial score (nSPS) is 12.3. The minimum Gasteiger partial charge on any atom is -0.496 e. The summed E-state index contributed by atoms with van der Waals surface area (Å²) in [4.78, 5) is 12.2. The summed E-state index contributed by atoms with van der Waals surface area (Å²) in [5.74, 6) is 1.16. The van der Waals surface area contributed by atoms with Crippen LogP contribution in [0.5, 0.6) is 5.75 Å². The third kappa shape index (κ3) is 5.23. The SMILES string of the molecule is COc1ccc(Br)cc1C(=O)NC(C)CCC(C)C. The zero-order valence-corrected chi connectivity index (χ0v) is 13.6. The third-order valence-electron chi connectivity index (χ3n) is 2.96. The number of ether oxygens (including phenoxy) is 1. The molecule has 106 valence electrons. The van der Waals surface area contributed by atoms with Crippen LogP contribution in [0.3, 0.4) is 0 Å². The molecule has 0 bridgehead atoms. The Morgan fingerprint density at radius 1 is 1.32 bits per heavy atom. The fraction of sp³-hybridized carbons (Fsp3) is 0.533. The highest BCUT2D eigenvalue weighted by Gasteiger charge is 2.15. The maximum atomic E-state index is 12.2. The standard InChI is InChI=1S/C15H22BrNO2/c1-10(2)5-6-11(3)17-15(18)13-9-12(16)7-8-14(13)19-4/h7-11H,5-6H2,1-4H3,(H,17,18). The first-order valence-corrected chi connectivity index (χ1v) is 7.37. The van der Waals surface area contributed by atoms with Crippen LogP contribution in [-0.4, -0.2) is 19.1 Å². The predicted octanol–water partition coefficient (Wildman–Crippen LogP) is 4.01. The Morgan fingerprint density at radius 3 is 2.58 bits per heavy atom. The molecule has 1 aromatic rings. The number of hydrogen-bond donors (Lipinski definition) is 1. The molecule has 1 amide bonds. The summed E-state index contributed by atoms with van der Waals surface area (Å²) in [6.45, 7) is 6.41. The van der Waals surface area contributed by atoms with Gasteiger partial charge < -0.3 is 10.1 Å². The van der Waals surface area contributed by atoms with E-state index in [1.807, 2.05) is 13.0 Å². The molecule has 0 aliphatic rings. The smallest absolute Gasteiger partial charge is 0.255 e. The van der Waals surface area contributed by atoms with E-state index >= 15 is 0 Å². The number of amides is 1. The second-order valence-corrected chi connectivity index (χ2v) is 6.11. The van der Waals surface area contributed by atoms with Crippen molar-refractivity contribution < 1.29 is 9.53 Å². The number of halogens is 1. The first-order chi connectivity index (χ1) is 8.93. The largest absolute Gasteiger partial charge is 0.496 e. The van der Waals surface area contributed by atoms with Gasteiger partial charge >= 0.3 is 0 Å². The molecule has 19 heavy (non-hydrogen) atoms. The minimum absolute atomic E-state index is 0.0885. The lowest BCUT2D eigenvalue weighted by atomic mass is 10.0. The molecule has 1 rings (SSSR count). The average Bonchev–Trinajstić information content (AvgIpc) is 2.36. The molecular weight excluding hydrogens is 306 g/mol. The molecule has 0 aliphatic heterocycles. The van der Waals surface area contributed by atoms with E-state index in [1.54, 1.807) is 19.2 Å². The third-order valence-corrected chi connectivity index (χ3v) is 3.45. The van der Waals surface area contributed by atoms with Crippen molar-refractivity contribution in [3.8, 4) is 5.75 Å². The number of carbonyl (C=O) groups excluding carboxylic acids is 1. The fourth-order valence-corrected chi connectivity index (χ4v) is 2.18. The predicted molar refractivity (Wildman–Crippen MR) is 81.7 cm³/mol. The minimum atomic E-state index is -0.0885. The highest BCUT2D eigenvalue weighted by atomic mass is 79.9. The highest BCUT2D eigenvalue weighted by Crippen LogP contribution is 2.23. The number of nitrogens with one attached hydrogen (secondary N) is 1. The van der Waals surface area contributed by atoms with Gasteiger partial charge in [-0.3, -0.25) is 4.79 Å². The van der Waals surface area contributed by atoms with Gasteiger partial charge in [0, 0.05) is 10.5 Å². The van der Waals surface area contributed by atoms with Crippen LogP contribution in [0, 0.1) is 5.92 Å². The maximum Gasteiger partial charge on any atom is 0.255 e. The zero-order chi connectivity index (χ0) is 14.4. The van der Waals surface area contributed by atoms with Gasteiger partial charge in [-0.25, -0.2) is 0 Å². The van der Waals surface area contributed by atoms with Crippen LogP contribution in [0.4, 0.5) is 0 Å². The van der Waals surface area contributed by atoms with Crippen LogP contribution in [-0.2, 0) is 0 Å². The van der Waals surface area contributed by atoms with E-state index < -0.39 is 0 Å². The van der Waals surface area contributed by atoms with Gasteiger partial charge in [-0.2, -0.15) is 0 Å². The number of benzene rings is 1. The molecule has 0 radical (unpaired) electrons. The van der Waals surface area contributed by atoms with Gasteiger partial charge in [-0.05, 0) is 43.9 Å². The van der Waals surface area contributed by atoms with Crippen molar-refractivity contribution in [3.05, 3.63) is 28.2 Å². The van der Waals surface area contributed by atoms with Crippen molar-refractivity contribution in [2.24, 2.45) is 5.92 Å². The van der Waals surface area contributed by atoms with Crippen molar-refractivity contribution in [3.63, 3.8) is 0 Å². The molecule has 0 spiro atoms. The first-order valence-electron chi connectivity index (χ1n) is 6.58. The summed E-state index contributed by atoms with van der Waals surface area (Å²) in [6, 6.07) is 5.59. The Bertz CT molecular complexity index is 432. The fourth-order valence-electron chi connectivity index (χ4n) is 1.81. The second-order valence-electron chi connectivity index (χ2n) is 5.19. The van der Waals surface area contributed by atoms with Gasteiger partial charge in [0.15, 0.2) is 0 Å². The quantitative estimate of drug-likeness (QED) is 0.857. The van der Waals surface area contributed by atoms with Gasteiger partial charge in [0.25, 0.3) is 5.91 Å². The van der Waals surface area contributed by atoms with Crippen LogP contribution >= 0.6 is 15.9 Å². The molecule has 1 N–H and O–H groups in total. The second kappa shape index (κ2) is 7.53. The summed E-state index contributed by atoms with van der Waals surface area (Å²) >= 11 is 3.37. The van der Waals surface area contributed by atoms with Crippen LogP contribution in [0.1, 0.15) is 44.0 Å². The molecule has 0 saturated carbocycles. The van der Waals surface area contributed by atoms with Crippen molar-refractivity contribution >= 4 is 21.8 Å². The summed E-state index contributed by atoms with van der Waals surface area (Å²) in [5.41, 5.74) is 0.563. The van der Waals surface area contributed by atoms with Crippen LogP contribution in [0.15, 0.2) is 22.7 Å². The van der Waals surface area contributed by atoms with Crippen molar-refractivity contribution in [2.45, 2.75) is 39.7 Å². The molecule has 3 nitrogen and oxygen atoms in total. The summed E-state index contributed by atoms with van der Waals surface area (Å²) in [5, 5.41) is 3.01. The van der Waals surface area contributed by atoms with E-state index in [0.29, 0.717) is 17.2 Å². The molecule has 1 atom stereocenters. The summed E-state index contributed by atoms with van der Waals surface area (Å²) < 4.78 is 6.09. The van der Waals surface area contributed by atoms with E-state index in [9.17, 15) is 4.79 Å². The van der Waals surface area contributed by atoms with Crippen molar-refractivity contribution in [2.75, 3.05) is 7.11 Å². The maximum absolute atomic E-state index is 12.2. The monoisotopic (exact) mass is 327 g/mol. The Hall–Kier alpha value is -1.03. The molecule has 1 unspecified atom stereocenters. The van der Waals surface area contributed by atoms with Gasteiger partial charge in [0.2, 0.25) is 0 Å². The molecule has 1 aromatic carbocycles. The van der Waals surface area contributed by atoms with Crippen LogP contribution < -0.4 is 10.1 Å². The van der Waals surface area contributed by atoms with Crippen molar-refractivity contribution in [1.29, 1.82) is 0 Å². The van der Waals surface area contributed by atoms with Gasteiger partial charge in [-0.1, -0.05) is 29.8 Å². The lowest BCUT2D eigenvalue weighted by Crippen LogP contribution is -2.33. The van der Waals surface area contributed by atoms with E-state index in [2.05, 4.69) is 35.1 Å². The van der Waals surface area contributed by atoms with Gasteiger partial charge in [-0.15, -0.1) is 0 Å². The Kier molecular flexibility index (Phi) is 6.35. The molecule has 4 heteroatoms. The average molecular weight is 328 g/mol. The lowest BCUT2D eigenvalue weighted by Gasteiger charge is -2.16. The number of hydrogen-bond acceptors (Lipinski definition) is 2. The summed E-state index contributed by atoms with van der Waals surface area (Å²) in [7, 11) is 1.57. The lowest BCUT2D eigenvalue weighted by molar-refractivity contribution is 0.0934. The van der Waals surface area contributed by atoms with E-state index in [1.165, 1.54) is 0 Å². The van der Waals surface area contributed by atoms with Crippen LogP contribution in [0.25, 0.3) is 0 Å². The molecule has 0 aliphatic carbocycles. The number of carbonyl (C=O) groups is 1. The zero-order valence-electron chi connectivity index (χ0n) is 12.0. The molecule has 0 saturated heterocycles. The summed E-state index contributed by atoms with van der Waals surface area (Å²) in [6.07, 6.45) is 2.09. The van der Waals surface area contributed by atoms with E-state index in [0.717, 1.165) is 17.3 Å². The molecule has 0 aromatic heterocycles. The van der Waals surface area contributed by atoms with Gasteiger partial charge in [0.05, 0.1) is 12.7 Å². The molecule has 0 heterocycles. The van der Waals surface area contributed by atoms with E-state index in [4.69, 9.17) is 4.74 Å². The van der Waals surface area contributed by atoms with Crippen molar-refractivity contribution in [1.82, 2.24) is 5.32 Å². The number of rotatable bonds is 6. The number of methoxy groups -OCH3 is 1. The van der Waals surface area contributed by atoms with E-state index in [-0.39, 0.29) is 11.9 Å². The Labute approximate surface area is 123 Å². The Morgan fingerprint density at radius 2 is 2.00 bits per heavy atom. The molecular formula is C15H22BrNO2. The molecule has 0 fully saturated rings. The Balaban J connectivity index is 2.69.